The molecule has 0 radical (unpaired) electrons. The Morgan fingerprint density at radius 2 is 2.20 bits per heavy atom. The second kappa shape index (κ2) is 5.57. The molecule has 3 nitrogen and oxygen atoms in total. The lowest BCUT2D eigenvalue weighted by atomic mass is 9.95. The van der Waals surface area contributed by atoms with E-state index in [2.05, 4.69) is 36.6 Å². The molecule has 2 atom stereocenters. The third-order valence-electron chi connectivity index (χ3n) is 4.67. The van der Waals surface area contributed by atoms with Crippen LogP contribution in [0.4, 0.5) is 0 Å². The van der Waals surface area contributed by atoms with Crippen molar-refractivity contribution in [1.82, 2.24) is 9.55 Å². The molecule has 108 valence electrons. The van der Waals surface area contributed by atoms with E-state index in [1.54, 1.807) is 0 Å². The number of nitrogens with two attached hydrogens (primary N) is 1. The number of nitrogens with zero attached hydrogens (tertiary/aromatic N) is 2. The number of aromatic nitrogens is 2. The summed E-state index contributed by atoms with van der Waals surface area (Å²) < 4.78 is 2.44. The van der Waals surface area contributed by atoms with Gasteiger partial charge in [0.15, 0.2) is 0 Å². The lowest BCUT2D eigenvalue weighted by molar-refractivity contribution is 0.459. The number of imidazole rings is 1. The monoisotopic (exact) mass is 271 g/mol. The van der Waals surface area contributed by atoms with E-state index in [-0.39, 0.29) is 0 Å². The van der Waals surface area contributed by atoms with E-state index in [9.17, 15) is 0 Å². The standard InChI is InChI=1S/C17H25N3/c1-3-9-20-16-8-7-12(2)10-15(16)19-17(20)14-6-4-5-13(14)11-18/h7-8,10,13-14H,3-6,9,11,18H2,1-2H3. The number of rotatable bonds is 4. The Morgan fingerprint density at radius 1 is 1.35 bits per heavy atom. The maximum atomic E-state index is 5.97. The van der Waals surface area contributed by atoms with Crippen molar-refractivity contribution in [2.45, 2.75) is 52.0 Å². The van der Waals surface area contributed by atoms with Gasteiger partial charge < -0.3 is 10.3 Å². The summed E-state index contributed by atoms with van der Waals surface area (Å²) in [4.78, 5) is 4.98. The summed E-state index contributed by atoms with van der Waals surface area (Å²) in [5.41, 5.74) is 9.69. The maximum absolute atomic E-state index is 5.97. The first kappa shape index (κ1) is 13.6. The minimum Gasteiger partial charge on any atom is -0.330 e. The summed E-state index contributed by atoms with van der Waals surface area (Å²) in [6.45, 7) is 6.22. The van der Waals surface area contributed by atoms with Crippen LogP contribution in [0.5, 0.6) is 0 Å². The Kier molecular flexibility index (Phi) is 3.79. The molecule has 2 unspecified atom stereocenters. The summed E-state index contributed by atoms with van der Waals surface area (Å²) in [6, 6.07) is 6.62. The molecule has 3 rings (SSSR count). The van der Waals surface area contributed by atoms with Crippen molar-refractivity contribution < 1.29 is 0 Å². The molecule has 1 heterocycles. The number of hydrogen-bond acceptors (Lipinski definition) is 2. The maximum Gasteiger partial charge on any atom is 0.113 e. The lowest BCUT2D eigenvalue weighted by Crippen LogP contribution is -2.20. The molecule has 0 saturated heterocycles. The van der Waals surface area contributed by atoms with Gasteiger partial charge in [-0.15, -0.1) is 0 Å². The predicted molar refractivity (Wildman–Crippen MR) is 83.9 cm³/mol. The van der Waals surface area contributed by atoms with Crippen molar-refractivity contribution in [2.75, 3.05) is 6.54 Å². The van der Waals surface area contributed by atoms with Crippen LogP contribution in [0, 0.1) is 12.8 Å². The van der Waals surface area contributed by atoms with Gasteiger partial charge in [-0.25, -0.2) is 4.98 Å². The summed E-state index contributed by atoms with van der Waals surface area (Å²) in [6.07, 6.45) is 4.94. The van der Waals surface area contributed by atoms with Gasteiger partial charge in [0.25, 0.3) is 0 Å². The molecule has 1 saturated carbocycles. The van der Waals surface area contributed by atoms with Crippen LogP contribution in [0.2, 0.25) is 0 Å². The van der Waals surface area contributed by atoms with Crippen LogP contribution in [0.15, 0.2) is 18.2 Å². The Balaban J connectivity index is 2.11. The molecule has 20 heavy (non-hydrogen) atoms. The van der Waals surface area contributed by atoms with Crippen molar-refractivity contribution in [1.29, 1.82) is 0 Å². The van der Waals surface area contributed by atoms with Crippen molar-refractivity contribution >= 4 is 11.0 Å². The van der Waals surface area contributed by atoms with Gasteiger partial charge in [-0.3, -0.25) is 0 Å². The molecule has 0 amide bonds. The largest absolute Gasteiger partial charge is 0.330 e. The van der Waals surface area contributed by atoms with Gasteiger partial charge in [-0.1, -0.05) is 19.4 Å². The van der Waals surface area contributed by atoms with E-state index in [1.807, 2.05) is 0 Å². The fraction of sp³-hybridized carbons (Fsp3) is 0.588. The molecule has 1 fully saturated rings. The average Bonchev–Trinajstić information content (AvgIpc) is 3.03. The van der Waals surface area contributed by atoms with Gasteiger partial charge in [0.2, 0.25) is 0 Å². The zero-order valence-corrected chi connectivity index (χ0v) is 12.6. The van der Waals surface area contributed by atoms with Gasteiger partial charge in [0, 0.05) is 12.5 Å². The summed E-state index contributed by atoms with van der Waals surface area (Å²) >= 11 is 0. The predicted octanol–water partition coefficient (Wildman–Crippen LogP) is 3.60. The quantitative estimate of drug-likeness (QED) is 0.923. The highest BCUT2D eigenvalue weighted by molar-refractivity contribution is 5.77. The number of fused-ring (bicyclic) bond motifs is 1. The lowest BCUT2D eigenvalue weighted by Gasteiger charge is -2.19. The molecular weight excluding hydrogens is 246 g/mol. The SMILES string of the molecule is CCCn1c(C2CCCC2CN)nc2cc(C)ccc21. The third kappa shape index (κ3) is 2.24. The summed E-state index contributed by atoms with van der Waals surface area (Å²) in [7, 11) is 0. The molecule has 0 spiro atoms. The van der Waals surface area contributed by atoms with Gasteiger partial charge in [0.05, 0.1) is 11.0 Å². The van der Waals surface area contributed by atoms with Crippen molar-refractivity contribution in [3.05, 3.63) is 29.6 Å². The molecule has 0 bridgehead atoms. The Hall–Kier alpha value is -1.35. The Bertz CT molecular complexity index is 600. The minimum absolute atomic E-state index is 0.555. The highest BCUT2D eigenvalue weighted by atomic mass is 15.1. The van der Waals surface area contributed by atoms with Crippen LogP contribution in [-0.2, 0) is 6.54 Å². The zero-order chi connectivity index (χ0) is 14.1. The Labute approximate surface area is 121 Å². The first-order chi connectivity index (χ1) is 9.74. The molecule has 2 aromatic rings. The molecule has 1 aromatic heterocycles. The molecular formula is C17H25N3. The van der Waals surface area contributed by atoms with Gasteiger partial charge in [0.1, 0.15) is 5.82 Å². The third-order valence-corrected chi connectivity index (χ3v) is 4.67. The van der Waals surface area contributed by atoms with E-state index in [0.717, 1.165) is 25.0 Å². The highest BCUT2D eigenvalue weighted by Crippen LogP contribution is 2.39. The van der Waals surface area contributed by atoms with Crippen LogP contribution in [-0.4, -0.2) is 16.1 Å². The first-order valence-corrected chi connectivity index (χ1v) is 7.91. The molecule has 0 aliphatic heterocycles. The van der Waals surface area contributed by atoms with Gasteiger partial charge in [-0.2, -0.15) is 0 Å². The Morgan fingerprint density at radius 3 is 2.95 bits per heavy atom. The minimum atomic E-state index is 0.555. The topological polar surface area (TPSA) is 43.8 Å². The van der Waals surface area contributed by atoms with E-state index in [4.69, 9.17) is 10.7 Å². The van der Waals surface area contributed by atoms with E-state index < -0.39 is 0 Å². The number of aryl methyl sites for hydroxylation is 2. The fourth-order valence-corrected chi connectivity index (χ4v) is 3.66. The van der Waals surface area contributed by atoms with Crippen LogP contribution >= 0.6 is 0 Å². The highest BCUT2D eigenvalue weighted by Gasteiger charge is 2.31. The number of hydrogen-bond donors (Lipinski definition) is 1. The second-order valence-corrected chi connectivity index (χ2v) is 6.15. The van der Waals surface area contributed by atoms with Crippen molar-refractivity contribution in [3.63, 3.8) is 0 Å². The smallest absolute Gasteiger partial charge is 0.113 e. The molecule has 3 heteroatoms. The molecule has 2 N–H and O–H groups in total. The van der Waals surface area contributed by atoms with E-state index in [1.165, 1.54) is 36.2 Å². The zero-order valence-electron chi connectivity index (χ0n) is 12.6. The summed E-state index contributed by atoms with van der Waals surface area (Å²) in [5, 5.41) is 0. The van der Waals surface area contributed by atoms with E-state index >= 15 is 0 Å². The number of benzene rings is 1. The summed E-state index contributed by atoms with van der Waals surface area (Å²) in [5.74, 6) is 2.45. The van der Waals surface area contributed by atoms with Crippen LogP contribution in [0.3, 0.4) is 0 Å². The van der Waals surface area contributed by atoms with Gasteiger partial charge in [-0.05, 0) is 56.3 Å². The van der Waals surface area contributed by atoms with Crippen LogP contribution < -0.4 is 5.73 Å². The molecule has 1 aliphatic carbocycles. The van der Waals surface area contributed by atoms with Crippen molar-refractivity contribution in [2.24, 2.45) is 11.7 Å². The molecule has 1 aromatic carbocycles. The second-order valence-electron chi connectivity index (χ2n) is 6.15. The average molecular weight is 271 g/mol. The fourth-order valence-electron chi connectivity index (χ4n) is 3.66. The molecule has 1 aliphatic rings. The van der Waals surface area contributed by atoms with Crippen LogP contribution in [0.1, 0.15) is 49.9 Å². The normalized spacial score (nSPS) is 22.8. The van der Waals surface area contributed by atoms with Crippen molar-refractivity contribution in [3.8, 4) is 0 Å². The van der Waals surface area contributed by atoms with Crippen LogP contribution in [0.25, 0.3) is 11.0 Å². The first-order valence-electron chi connectivity index (χ1n) is 7.91. The van der Waals surface area contributed by atoms with E-state index in [0.29, 0.717) is 11.8 Å². The van der Waals surface area contributed by atoms with Gasteiger partial charge >= 0.3 is 0 Å².